The minimum atomic E-state index is -1.20. The molecule has 1 saturated carbocycles. The van der Waals surface area contributed by atoms with Crippen LogP contribution in [0.3, 0.4) is 0 Å². The molecular formula is C22H38N2O7. The van der Waals surface area contributed by atoms with Gasteiger partial charge in [-0.3, -0.25) is 4.79 Å². The van der Waals surface area contributed by atoms with Crippen LogP contribution >= 0.6 is 0 Å². The lowest BCUT2D eigenvalue weighted by atomic mass is 9.65. The maximum atomic E-state index is 12.5. The van der Waals surface area contributed by atoms with Crippen LogP contribution in [0.4, 0.5) is 4.79 Å². The number of ether oxygens (including phenoxy) is 3. The fraction of sp³-hybridized carbons (Fsp3) is 0.818. The molecule has 1 aliphatic carbocycles. The maximum absolute atomic E-state index is 12.5. The number of carbonyl (C=O) groups excluding carboxylic acids is 2. The molecule has 0 unspecified atom stereocenters. The van der Waals surface area contributed by atoms with E-state index < -0.39 is 53.5 Å². The lowest BCUT2D eigenvalue weighted by Gasteiger charge is -2.48. The zero-order chi connectivity index (χ0) is 23.6. The zero-order valence-corrected chi connectivity index (χ0v) is 19.4. The minimum absolute atomic E-state index is 0.0654. The number of carbonyl (C=O) groups is 2. The van der Waals surface area contributed by atoms with Crippen molar-refractivity contribution in [3.63, 3.8) is 0 Å². The molecule has 0 bridgehead atoms. The first kappa shape index (κ1) is 25.6. The number of nitrogens with one attached hydrogen (secondary N) is 1. The second-order valence-corrected chi connectivity index (χ2v) is 9.54. The Labute approximate surface area is 184 Å². The van der Waals surface area contributed by atoms with E-state index in [2.05, 4.69) is 5.32 Å². The van der Waals surface area contributed by atoms with Gasteiger partial charge in [-0.25, -0.2) is 4.79 Å². The van der Waals surface area contributed by atoms with E-state index in [1.165, 1.54) is 7.11 Å². The highest BCUT2D eigenvalue weighted by Crippen LogP contribution is 2.51. The van der Waals surface area contributed by atoms with Crippen molar-refractivity contribution in [2.45, 2.75) is 89.4 Å². The standard InChI is InChI=1S/C22H38N2O7/c1-12(2)7-8-15(25)21(5)18-17(29-6)14(9-10-22(18,28)11-30-21)31-20(27)24-16(13(3)4)19(23)26/h7,13-18,25,28H,8-11H2,1-6H3,(H2,23,26)(H,24,27)/t14-,15-,16-,17-,18+,21-,22-/m1/s1. The number of nitrogens with two attached hydrogens (primary N) is 1. The number of alkyl carbamates (subject to hydrolysis) is 1. The van der Waals surface area contributed by atoms with Gasteiger partial charge in [0, 0.05) is 7.11 Å². The zero-order valence-electron chi connectivity index (χ0n) is 19.4. The molecule has 2 fully saturated rings. The van der Waals surface area contributed by atoms with E-state index >= 15 is 0 Å². The van der Waals surface area contributed by atoms with Gasteiger partial charge in [0.05, 0.1) is 29.8 Å². The van der Waals surface area contributed by atoms with Crippen molar-refractivity contribution in [2.75, 3.05) is 13.7 Å². The van der Waals surface area contributed by atoms with Gasteiger partial charge in [-0.05, 0) is 46.0 Å². The number of hydrogen-bond donors (Lipinski definition) is 4. The summed E-state index contributed by atoms with van der Waals surface area (Å²) in [6.07, 6.45) is -0.0966. The molecule has 1 aliphatic heterocycles. The summed E-state index contributed by atoms with van der Waals surface area (Å²) in [6, 6.07) is -0.861. The van der Waals surface area contributed by atoms with Crippen molar-refractivity contribution in [3.05, 3.63) is 11.6 Å². The fourth-order valence-corrected chi connectivity index (χ4v) is 4.79. The number of fused-ring (bicyclic) bond motifs is 1. The molecular weight excluding hydrogens is 404 g/mol. The number of allylic oxidation sites excluding steroid dienone is 1. The van der Waals surface area contributed by atoms with E-state index in [9.17, 15) is 19.8 Å². The van der Waals surface area contributed by atoms with Crippen molar-refractivity contribution in [1.82, 2.24) is 5.32 Å². The van der Waals surface area contributed by atoms with E-state index in [-0.39, 0.29) is 12.5 Å². The third-order valence-electron chi connectivity index (χ3n) is 6.57. The summed E-state index contributed by atoms with van der Waals surface area (Å²) in [5.74, 6) is -1.46. The summed E-state index contributed by atoms with van der Waals surface area (Å²) >= 11 is 0. The summed E-state index contributed by atoms with van der Waals surface area (Å²) in [6.45, 7) is 9.25. The van der Waals surface area contributed by atoms with Crippen molar-refractivity contribution in [3.8, 4) is 0 Å². The highest BCUT2D eigenvalue weighted by molar-refractivity contribution is 5.84. The van der Waals surface area contributed by atoms with Gasteiger partial charge in [0.1, 0.15) is 18.2 Å². The monoisotopic (exact) mass is 442 g/mol. The summed E-state index contributed by atoms with van der Waals surface area (Å²) < 4.78 is 17.3. The Morgan fingerprint density at radius 3 is 2.52 bits per heavy atom. The van der Waals surface area contributed by atoms with E-state index in [1.54, 1.807) is 20.8 Å². The third-order valence-corrected chi connectivity index (χ3v) is 6.57. The predicted molar refractivity (Wildman–Crippen MR) is 114 cm³/mol. The van der Waals surface area contributed by atoms with Gasteiger partial charge in [-0.15, -0.1) is 0 Å². The van der Waals surface area contributed by atoms with Crippen LogP contribution in [0.2, 0.25) is 0 Å². The summed E-state index contributed by atoms with van der Waals surface area (Å²) in [7, 11) is 1.48. The molecule has 0 aromatic rings. The first-order chi connectivity index (χ1) is 14.4. The molecule has 178 valence electrons. The molecule has 9 nitrogen and oxygen atoms in total. The maximum Gasteiger partial charge on any atom is 0.408 e. The first-order valence-corrected chi connectivity index (χ1v) is 10.8. The average molecular weight is 443 g/mol. The molecule has 2 amide bonds. The van der Waals surface area contributed by atoms with E-state index in [1.807, 2.05) is 19.9 Å². The molecule has 31 heavy (non-hydrogen) atoms. The molecule has 2 rings (SSSR count). The van der Waals surface area contributed by atoms with E-state index in [0.29, 0.717) is 19.3 Å². The van der Waals surface area contributed by atoms with Gasteiger partial charge < -0.3 is 35.5 Å². The fourth-order valence-electron chi connectivity index (χ4n) is 4.79. The number of rotatable bonds is 8. The van der Waals surface area contributed by atoms with Crippen LogP contribution < -0.4 is 11.1 Å². The van der Waals surface area contributed by atoms with Crippen LogP contribution in [-0.2, 0) is 19.0 Å². The summed E-state index contributed by atoms with van der Waals surface area (Å²) in [4.78, 5) is 24.1. The molecule has 9 heteroatoms. The number of hydrogen-bond acceptors (Lipinski definition) is 7. The molecule has 0 aromatic heterocycles. The molecule has 0 spiro atoms. The van der Waals surface area contributed by atoms with Crippen LogP contribution in [-0.4, -0.2) is 71.5 Å². The number of primary amides is 1. The van der Waals surface area contributed by atoms with Gasteiger partial charge in [-0.2, -0.15) is 0 Å². The van der Waals surface area contributed by atoms with Crippen molar-refractivity contribution >= 4 is 12.0 Å². The van der Waals surface area contributed by atoms with Gasteiger partial charge >= 0.3 is 6.09 Å². The van der Waals surface area contributed by atoms with Gasteiger partial charge in [0.2, 0.25) is 5.91 Å². The number of aliphatic hydroxyl groups is 2. The molecule has 1 heterocycles. The first-order valence-electron chi connectivity index (χ1n) is 10.8. The molecule has 7 atom stereocenters. The average Bonchev–Trinajstić information content (AvgIpc) is 2.96. The van der Waals surface area contributed by atoms with Gasteiger partial charge in [-0.1, -0.05) is 25.5 Å². The summed E-state index contributed by atoms with van der Waals surface area (Å²) in [5, 5.41) is 24.7. The Morgan fingerprint density at radius 1 is 1.35 bits per heavy atom. The van der Waals surface area contributed by atoms with E-state index in [0.717, 1.165) is 5.57 Å². The molecule has 0 aromatic carbocycles. The predicted octanol–water partition coefficient (Wildman–Crippen LogP) is 1.25. The Hall–Kier alpha value is -1.68. The SMILES string of the molecule is CO[C@H]1[C@@H]2[C@@](O)(CC[C@H]1OC(=O)N[C@@H](C(N)=O)C(C)C)CO[C@]2(C)[C@H](O)CC=C(C)C. The quantitative estimate of drug-likeness (QED) is 0.415. The Bertz CT molecular complexity index is 693. The van der Waals surface area contributed by atoms with Crippen LogP contribution in [0.1, 0.15) is 53.9 Å². The molecule has 0 radical (unpaired) electrons. The Morgan fingerprint density at radius 2 is 2.00 bits per heavy atom. The van der Waals surface area contributed by atoms with Crippen LogP contribution in [0, 0.1) is 11.8 Å². The Balaban J connectivity index is 2.22. The smallest absolute Gasteiger partial charge is 0.408 e. The number of methoxy groups -OCH3 is 1. The van der Waals surface area contributed by atoms with Crippen LogP contribution in [0.25, 0.3) is 0 Å². The van der Waals surface area contributed by atoms with Gasteiger partial charge in [0.15, 0.2) is 0 Å². The van der Waals surface area contributed by atoms with Crippen LogP contribution in [0.15, 0.2) is 11.6 Å². The van der Waals surface area contributed by atoms with Crippen molar-refractivity contribution in [2.24, 2.45) is 17.6 Å². The molecule has 2 aliphatic rings. The molecule has 1 saturated heterocycles. The minimum Gasteiger partial charge on any atom is -0.443 e. The highest BCUT2D eigenvalue weighted by atomic mass is 16.6. The third kappa shape index (κ3) is 5.39. The largest absolute Gasteiger partial charge is 0.443 e. The van der Waals surface area contributed by atoms with Crippen molar-refractivity contribution < 1.29 is 34.0 Å². The number of aliphatic hydroxyl groups excluding tert-OH is 1. The van der Waals surface area contributed by atoms with E-state index in [4.69, 9.17) is 19.9 Å². The normalized spacial score (nSPS) is 34.5. The lowest BCUT2D eigenvalue weighted by molar-refractivity contribution is -0.179. The Kier molecular flexibility index (Phi) is 8.13. The number of amides is 2. The topological polar surface area (TPSA) is 140 Å². The van der Waals surface area contributed by atoms with Gasteiger partial charge in [0.25, 0.3) is 0 Å². The van der Waals surface area contributed by atoms with Crippen LogP contribution in [0.5, 0.6) is 0 Å². The summed E-state index contributed by atoms with van der Waals surface area (Å²) in [5.41, 5.74) is 4.13. The van der Waals surface area contributed by atoms with Crippen molar-refractivity contribution in [1.29, 1.82) is 0 Å². The molecule has 5 N–H and O–H groups in total. The lowest BCUT2D eigenvalue weighted by Crippen LogP contribution is -2.62. The second kappa shape index (κ2) is 9.85. The highest BCUT2D eigenvalue weighted by Gasteiger charge is 2.64. The second-order valence-electron chi connectivity index (χ2n) is 9.54.